The molecule has 0 fully saturated rings. The molecule has 0 atom stereocenters. The number of tetrazole rings is 1. The highest BCUT2D eigenvalue weighted by atomic mass is 16.2. The summed E-state index contributed by atoms with van der Waals surface area (Å²) in [4.78, 5) is 11.1. The Morgan fingerprint density at radius 3 is 3.08 bits per heavy atom. The number of rotatable bonds is 3. The average molecular weight is 185 g/mol. The zero-order valence-corrected chi connectivity index (χ0v) is 7.19. The van der Waals surface area contributed by atoms with E-state index >= 15 is 0 Å². The van der Waals surface area contributed by atoms with Gasteiger partial charge in [-0.15, -0.1) is 10.2 Å². The van der Waals surface area contributed by atoms with E-state index in [9.17, 15) is 4.79 Å². The first-order valence-electron chi connectivity index (χ1n) is 3.76. The number of carbonyl (C=O) groups is 1. The number of nitrogens with zero attached hydrogens (tertiary/aromatic N) is 4. The SMILES string of the molecule is CCN(N)C(=O)NCc1nn[nH]n1. The molecular formula is C5H11N7O. The molecule has 0 aromatic carbocycles. The summed E-state index contributed by atoms with van der Waals surface area (Å²) in [7, 11) is 0. The summed E-state index contributed by atoms with van der Waals surface area (Å²) in [6.45, 7) is 2.43. The Labute approximate surface area is 74.4 Å². The molecule has 0 bridgehead atoms. The molecule has 8 nitrogen and oxygen atoms in total. The summed E-state index contributed by atoms with van der Waals surface area (Å²) in [6, 6.07) is -0.368. The molecule has 8 heteroatoms. The third-order valence-electron chi connectivity index (χ3n) is 1.39. The minimum atomic E-state index is -0.368. The van der Waals surface area contributed by atoms with Gasteiger partial charge in [0.2, 0.25) is 0 Å². The molecule has 0 spiro atoms. The fourth-order valence-corrected chi connectivity index (χ4v) is 0.657. The first kappa shape index (κ1) is 9.39. The van der Waals surface area contributed by atoms with E-state index in [2.05, 4.69) is 25.9 Å². The van der Waals surface area contributed by atoms with Crippen molar-refractivity contribution in [1.29, 1.82) is 0 Å². The van der Waals surface area contributed by atoms with Crippen molar-refractivity contribution in [2.75, 3.05) is 6.54 Å². The topological polar surface area (TPSA) is 113 Å². The minimum absolute atomic E-state index is 0.211. The standard InChI is InChI=1S/C5H11N7O/c1-2-12(6)5(13)7-3-4-8-10-11-9-4/h2-3,6H2,1H3,(H,7,13)(H,8,9,10,11). The number of carbonyl (C=O) groups excluding carboxylic acids is 1. The molecule has 4 N–H and O–H groups in total. The second-order valence-corrected chi connectivity index (χ2v) is 2.27. The predicted octanol–water partition coefficient (Wildman–Crippen LogP) is -1.40. The van der Waals surface area contributed by atoms with Crippen LogP contribution in [-0.4, -0.2) is 38.2 Å². The number of nitrogens with two attached hydrogens (primary N) is 1. The molecule has 0 saturated heterocycles. The number of hydrogen-bond acceptors (Lipinski definition) is 5. The first-order valence-corrected chi connectivity index (χ1v) is 3.76. The van der Waals surface area contributed by atoms with Crippen LogP contribution in [0.2, 0.25) is 0 Å². The highest BCUT2D eigenvalue weighted by Crippen LogP contribution is 1.84. The van der Waals surface area contributed by atoms with Crippen LogP contribution in [0, 0.1) is 0 Å². The Morgan fingerprint density at radius 1 is 1.77 bits per heavy atom. The molecule has 0 aliphatic heterocycles. The molecule has 2 amide bonds. The van der Waals surface area contributed by atoms with E-state index in [0.717, 1.165) is 5.01 Å². The molecule has 0 unspecified atom stereocenters. The summed E-state index contributed by atoms with van der Waals surface area (Å²) in [5.74, 6) is 5.73. The van der Waals surface area contributed by atoms with E-state index in [4.69, 9.17) is 5.84 Å². The van der Waals surface area contributed by atoms with Gasteiger partial charge >= 0.3 is 6.03 Å². The van der Waals surface area contributed by atoms with Crippen LogP contribution in [0.25, 0.3) is 0 Å². The Bertz CT molecular complexity index is 258. The Kier molecular flexibility index (Phi) is 3.15. The van der Waals surface area contributed by atoms with Crippen molar-refractivity contribution in [2.45, 2.75) is 13.5 Å². The summed E-state index contributed by atoms with van der Waals surface area (Å²) in [5.41, 5.74) is 0. The van der Waals surface area contributed by atoms with Crippen LogP contribution < -0.4 is 11.2 Å². The highest BCUT2D eigenvalue weighted by Gasteiger charge is 2.06. The maximum absolute atomic E-state index is 11.1. The zero-order chi connectivity index (χ0) is 9.68. The molecular weight excluding hydrogens is 174 g/mol. The zero-order valence-electron chi connectivity index (χ0n) is 7.19. The van der Waals surface area contributed by atoms with Crippen molar-refractivity contribution in [3.63, 3.8) is 0 Å². The van der Waals surface area contributed by atoms with E-state index in [1.807, 2.05) is 0 Å². The van der Waals surface area contributed by atoms with E-state index in [0.29, 0.717) is 12.4 Å². The highest BCUT2D eigenvalue weighted by molar-refractivity contribution is 5.73. The maximum Gasteiger partial charge on any atom is 0.331 e. The van der Waals surface area contributed by atoms with Crippen molar-refractivity contribution in [2.24, 2.45) is 5.84 Å². The van der Waals surface area contributed by atoms with Gasteiger partial charge in [0.05, 0.1) is 6.54 Å². The minimum Gasteiger partial charge on any atom is -0.329 e. The number of aromatic amines is 1. The van der Waals surface area contributed by atoms with Gasteiger partial charge in [-0.2, -0.15) is 5.21 Å². The molecule has 72 valence electrons. The molecule has 1 rings (SSSR count). The van der Waals surface area contributed by atoms with Crippen molar-refractivity contribution >= 4 is 6.03 Å². The van der Waals surface area contributed by atoms with Crippen LogP contribution in [0.15, 0.2) is 0 Å². The molecule has 1 aromatic heterocycles. The quantitative estimate of drug-likeness (QED) is 0.304. The number of nitrogens with one attached hydrogen (secondary N) is 2. The Hall–Kier alpha value is -1.70. The third-order valence-corrected chi connectivity index (χ3v) is 1.39. The normalized spacial score (nSPS) is 9.69. The van der Waals surface area contributed by atoms with Gasteiger partial charge in [-0.3, -0.25) is 5.01 Å². The van der Waals surface area contributed by atoms with Gasteiger partial charge in [-0.05, 0) is 6.92 Å². The molecule has 1 aromatic rings. The van der Waals surface area contributed by atoms with Gasteiger partial charge < -0.3 is 5.32 Å². The van der Waals surface area contributed by atoms with Gasteiger partial charge in [-0.25, -0.2) is 10.6 Å². The van der Waals surface area contributed by atoms with E-state index in [1.165, 1.54) is 0 Å². The summed E-state index contributed by atoms with van der Waals surface area (Å²) in [5, 5.41) is 16.5. The van der Waals surface area contributed by atoms with Crippen LogP contribution in [0.3, 0.4) is 0 Å². The largest absolute Gasteiger partial charge is 0.331 e. The van der Waals surface area contributed by atoms with Crippen LogP contribution in [-0.2, 0) is 6.54 Å². The van der Waals surface area contributed by atoms with Gasteiger partial charge in [0.15, 0.2) is 5.82 Å². The second kappa shape index (κ2) is 4.36. The molecule has 0 saturated carbocycles. The number of hydrogen-bond donors (Lipinski definition) is 3. The summed E-state index contributed by atoms with van der Waals surface area (Å²) < 4.78 is 0. The van der Waals surface area contributed by atoms with Gasteiger partial charge in [0.25, 0.3) is 0 Å². The lowest BCUT2D eigenvalue weighted by Gasteiger charge is -2.13. The van der Waals surface area contributed by atoms with Crippen molar-refractivity contribution in [3.05, 3.63) is 5.82 Å². The lowest BCUT2D eigenvalue weighted by molar-refractivity contribution is 0.201. The second-order valence-electron chi connectivity index (χ2n) is 2.27. The lowest BCUT2D eigenvalue weighted by Crippen LogP contribution is -2.44. The molecule has 0 aliphatic carbocycles. The van der Waals surface area contributed by atoms with Crippen molar-refractivity contribution in [1.82, 2.24) is 30.9 Å². The smallest absolute Gasteiger partial charge is 0.329 e. The predicted molar refractivity (Wildman–Crippen MR) is 43.0 cm³/mol. The molecule has 13 heavy (non-hydrogen) atoms. The third kappa shape index (κ3) is 2.67. The summed E-state index contributed by atoms with van der Waals surface area (Å²) in [6.07, 6.45) is 0. The Morgan fingerprint density at radius 2 is 2.54 bits per heavy atom. The molecule has 0 radical (unpaired) electrons. The van der Waals surface area contributed by atoms with Crippen molar-refractivity contribution < 1.29 is 4.79 Å². The summed E-state index contributed by atoms with van der Waals surface area (Å²) >= 11 is 0. The van der Waals surface area contributed by atoms with Gasteiger partial charge in [0.1, 0.15) is 0 Å². The number of aromatic nitrogens is 4. The van der Waals surface area contributed by atoms with Gasteiger partial charge in [0, 0.05) is 6.54 Å². The average Bonchev–Trinajstić information content (AvgIpc) is 2.65. The first-order chi connectivity index (χ1) is 6.24. The van der Waals surface area contributed by atoms with E-state index in [-0.39, 0.29) is 12.6 Å². The van der Waals surface area contributed by atoms with Crippen LogP contribution in [0.1, 0.15) is 12.7 Å². The number of H-pyrrole nitrogens is 1. The van der Waals surface area contributed by atoms with Crippen molar-refractivity contribution in [3.8, 4) is 0 Å². The number of hydrazine groups is 1. The molecule has 0 aliphatic rings. The number of amides is 2. The van der Waals surface area contributed by atoms with E-state index < -0.39 is 0 Å². The lowest BCUT2D eigenvalue weighted by atomic mass is 10.6. The fraction of sp³-hybridized carbons (Fsp3) is 0.600. The van der Waals surface area contributed by atoms with Crippen LogP contribution in [0.5, 0.6) is 0 Å². The Balaban J connectivity index is 2.31. The van der Waals surface area contributed by atoms with E-state index in [1.54, 1.807) is 6.92 Å². The number of urea groups is 1. The van der Waals surface area contributed by atoms with Crippen LogP contribution >= 0.6 is 0 Å². The van der Waals surface area contributed by atoms with Crippen LogP contribution in [0.4, 0.5) is 4.79 Å². The maximum atomic E-state index is 11.1. The fourth-order valence-electron chi connectivity index (χ4n) is 0.657. The van der Waals surface area contributed by atoms with Gasteiger partial charge in [-0.1, -0.05) is 5.21 Å². The monoisotopic (exact) mass is 185 g/mol. The molecule has 1 heterocycles.